The molecule has 0 saturated carbocycles. The number of carbonyl (C=O) groups is 1. The maximum Gasteiger partial charge on any atom is 0.264 e. The lowest BCUT2D eigenvalue weighted by atomic mass is 10.2. The summed E-state index contributed by atoms with van der Waals surface area (Å²) >= 11 is 0. The molecule has 6 nitrogen and oxygen atoms in total. The van der Waals surface area contributed by atoms with Gasteiger partial charge >= 0.3 is 0 Å². The van der Waals surface area contributed by atoms with Gasteiger partial charge in [0.1, 0.15) is 11.6 Å². The van der Waals surface area contributed by atoms with Gasteiger partial charge in [0.15, 0.2) is 0 Å². The van der Waals surface area contributed by atoms with E-state index in [1.165, 1.54) is 55.6 Å². The van der Waals surface area contributed by atoms with Crippen LogP contribution in [-0.2, 0) is 10.0 Å². The van der Waals surface area contributed by atoms with E-state index in [9.17, 15) is 17.6 Å². The largest absolute Gasteiger partial charge is 0.497 e. The first-order valence-corrected chi connectivity index (χ1v) is 10.1. The number of halogens is 1. The van der Waals surface area contributed by atoms with E-state index in [2.05, 4.69) is 5.32 Å². The molecule has 0 aliphatic rings. The van der Waals surface area contributed by atoms with Gasteiger partial charge < -0.3 is 10.1 Å². The molecule has 0 fully saturated rings. The zero-order chi connectivity index (χ0) is 21.0. The number of carbonyl (C=O) groups excluding carboxylic acids is 1. The Morgan fingerprint density at radius 3 is 2.28 bits per heavy atom. The van der Waals surface area contributed by atoms with Crippen molar-refractivity contribution in [3.05, 3.63) is 84.2 Å². The predicted octanol–water partition coefficient (Wildman–Crippen LogP) is 3.91. The van der Waals surface area contributed by atoms with E-state index in [1.807, 2.05) is 0 Å². The molecule has 1 N–H and O–H groups in total. The highest BCUT2D eigenvalue weighted by molar-refractivity contribution is 7.92. The van der Waals surface area contributed by atoms with Gasteiger partial charge in [-0.15, -0.1) is 0 Å². The molecule has 0 bridgehead atoms. The van der Waals surface area contributed by atoms with E-state index < -0.39 is 21.7 Å². The minimum atomic E-state index is -3.93. The van der Waals surface area contributed by atoms with Crippen molar-refractivity contribution in [2.45, 2.75) is 4.90 Å². The fourth-order valence-electron chi connectivity index (χ4n) is 2.62. The van der Waals surface area contributed by atoms with Crippen molar-refractivity contribution in [1.29, 1.82) is 0 Å². The zero-order valence-corrected chi connectivity index (χ0v) is 16.6. The second-order valence-corrected chi connectivity index (χ2v) is 8.13. The van der Waals surface area contributed by atoms with Crippen molar-refractivity contribution in [3.8, 4) is 5.75 Å². The Morgan fingerprint density at radius 1 is 1.00 bits per heavy atom. The van der Waals surface area contributed by atoms with Crippen LogP contribution in [0.3, 0.4) is 0 Å². The number of anilines is 2. The number of rotatable bonds is 6. The number of amides is 1. The Balaban J connectivity index is 1.83. The van der Waals surface area contributed by atoms with E-state index in [4.69, 9.17) is 4.74 Å². The number of ether oxygens (including phenoxy) is 1. The molecule has 150 valence electrons. The SMILES string of the molecule is COc1ccc(NC(=O)c2cccc(S(=O)(=O)N(C)c3ccc(F)cc3)c2)cc1. The number of nitrogens with zero attached hydrogens (tertiary/aromatic N) is 1. The van der Waals surface area contributed by atoms with Gasteiger partial charge in [0, 0.05) is 18.3 Å². The Morgan fingerprint density at radius 2 is 1.66 bits per heavy atom. The highest BCUT2D eigenvalue weighted by Crippen LogP contribution is 2.23. The second kappa shape index (κ2) is 8.32. The fraction of sp³-hybridized carbons (Fsp3) is 0.0952. The lowest BCUT2D eigenvalue weighted by molar-refractivity contribution is 0.102. The molecule has 3 aromatic carbocycles. The van der Waals surface area contributed by atoms with Gasteiger partial charge in [-0.05, 0) is 66.7 Å². The molecule has 0 atom stereocenters. The van der Waals surface area contributed by atoms with Crippen LogP contribution in [0.4, 0.5) is 15.8 Å². The molecule has 8 heteroatoms. The standard InChI is InChI=1S/C21H19FN2O4S/c1-24(18-10-6-16(22)7-11-18)29(26,27)20-5-3-4-15(14-20)21(25)23-17-8-12-19(28-2)13-9-17/h3-14H,1-2H3,(H,23,25). The Labute approximate surface area is 168 Å². The van der Waals surface area contributed by atoms with E-state index in [-0.39, 0.29) is 10.5 Å². The van der Waals surface area contributed by atoms with Crippen LogP contribution in [-0.4, -0.2) is 28.5 Å². The molecule has 0 spiro atoms. The quantitative estimate of drug-likeness (QED) is 0.664. The Bertz CT molecular complexity index is 1110. The monoisotopic (exact) mass is 414 g/mol. The maximum atomic E-state index is 13.1. The van der Waals surface area contributed by atoms with E-state index >= 15 is 0 Å². The van der Waals surface area contributed by atoms with Crippen LogP contribution in [0.25, 0.3) is 0 Å². The van der Waals surface area contributed by atoms with Gasteiger partial charge in [0.25, 0.3) is 15.9 Å². The first-order chi connectivity index (χ1) is 13.8. The first-order valence-electron chi connectivity index (χ1n) is 8.61. The summed E-state index contributed by atoms with van der Waals surface area (Å²) in [5, 5.41) is 2.71. The topological polar surface area (TPSA) is 75.7 Å². The zero-order valence-electron chi connectivity index (χ0n) is 15.8. The van der Waals surface area contributed by atoms with E-state index in [1.54, 1.807) is 31.4 Å². The number of methoxy groups -OCH3 is 1. The summed E-state index contributed by atoms with van der Waals surface area (Å²) in [6.45, 7) is 0. The molecule has 0 aliphatic heterocycles. The van der Waals surface area contributed by atoms with Crippen LogP contribution < -0.4 is 14.4 Å². The van der Waals surface area contributed by atoms with E-state index in [0.717, 1.165) is 4.31 Å². The van der Waals surface area contributed by atoms with Crippen LogP contribution >= 0.6 is 0 Å². The van der Waals surface area contributed by atoms with Crippen LogP contribution in [0.2, 0.25) is 0 Å². The molecular weight excluding hydrogens is 395 g/mol. The number of benzene rings is 3. The maximum absolute atomic E-state index is 13.1. The normalized spacial score (nSPS) is 11.0. The molecular formula is C21H19FN2O4S. The third kappa shape index (κ3) is 4.55. The van der Waals surface area contributed by atoms with Crippen molar-refractivity contribution in [2.24, 2.45) is 0 Å². The highest BCUT2D eigenvalue weighted by Gasteiger charge is 2.22. The summed E-state index contributed by atoms with van der Waals surface area (Å²) in [6.07, 6.45) is 0. The van der Waals surface area contributed by atoms with Crippen LogP contribution in [0.1, 0.15) is 10.4 Å². The molecule has 3 aromatic rings. The Kier molecular flexibility index (Phi) is 5.84. The van der Waals surface area contributed by atoms with Crippen molar-refractivity contribution in [2.75, 3.05) is 23.8 Å². The summed E-state index contributed by atoms with van der Waals surface area (Å²) in [4.78, 5) is 12.5. The lowest BCUT2D eigenvalue weighted by Crippen LogP contribution is -2.26. The van der Waals surface area contributed by atoms with Crippen LogP contribution in [0, 0.1) is 5.82 Å². The van der Waals surface area contributed by atoms with Gasteiger partial charge in [-0.3, -0.25) is 9.10 Å². The molecule has 0 aliphatic carbocycles. The van der Waals surface area contributed by atoms with Crippen LogP contribution in [0.15, 0.2) is 77.7 Å². The minimum absolute atomic E-state index is 0.0493. The molecule has 0 saturated heterocycles. The molecule has 29 heavy (non-hydrogen) atoms. The number of hydrogen-bond acceptors (Lipinski definition) is 4. The number of sulfonamides is 1. The molecule has 0 unspecified atom stereocenters. The molecule has 0 radical (unpaired) electrons. The second-order valence-electron chi connectivity index (χ2n) is 6.16. The third-order valence-corrected chi connectivity index (χ3v) is 6.07. The van der Waals surface area contributed by atoms with Crippen molar-refractivity contribution >= 4 is 27.3 Å². The van der Waals surface area contributed by atoms with Gasteiger partial charge in [-0.25, -0.2) is 12.8 Å². The Hall–Kier alpha value is -3.39. The summed E-state index contributed by atoms with van der Waals surface area (Å²) in [5.41, 5.74) is 1.04. The lowest BCUT2D eigenvalue weighted by Gasteiger charge is -2.19. The van der Waals surface area contributed by atoms with Gasteiger partial charge in [0.05, 0.1) is 17.7 Å². The molecule has 0 heterocycles. The van der Waals surface area contributed by atoms with Crippen molar-refractivity contribution in [1.82, 2.24) is 0 Å². The summed E-state index contributed by atoms with van der Waals surface area (Å²) in [7, 11) is -1.02. The van der Waals surface area contributed by atoms with Crippen molar-refractivity contribution < 1.29 is 22.3 Å². The molecule has 1 amide bonds. The molecule has 0 aromatic heterocycles. The van der Waals surface area contributed by atoms with E-state index in [0.29, 0.717) is 17.1 Å². The van der Waals surface area contributed by atoms with Gasteiger partial charge in [-0.2, -0.15) is 0 Å². The highest BCUT2D eigenvalue weighted by atomic mass is 32.2. The average Bonchev–Trinajstić information content (AvgIpc) is 2.74. The molecule has 3 rings (SSSR count). The summed E-state index contributed by atoms with van der Waals surface area (Å²) in [6, 6.07) is 17.6. The smallest absolute Gasteiger partial charge is 0.264 e. The number of nitrogens with one attached hydrogen (secondary N) is 1. The summed E-state index contributed by atoms with van der Waals surface area (Å²) in [5.74, 6) is -0.256. The third-order valence-electron chi connectivity index (χ3n) is 4.29. The van der Waals surface area contributed by atoms with Crippen LogP contribution in [0.5, 0.6) is 5.75 Å². The first kappa shape index (κ1) is 20.3. The minimum Gasteiger partial charge on any atom is -0.497 e. The van der Waals surface area contributed by atoms with Gasteiger partial charge in [-0.1, -0.05) is 6.07 Å². The number of hydrogen-bond donors (Lipinski definition) is 1. The fourth-order valence-corrected chi connectivity index (χ4v) is 3.87. The average molecular weight is 414 g/mol. The summed E-state index contributed by atoms with van der Waals surface area (Å²) < 4.78 is 45.0. The predicted molar refractivity (Wildman–Crippen MR) is 109 cm³/mol. The van der Waals surface area contributed by atoms with Crippen molar-refractivity contribution in [3.63, 3.8) is 0 Å². The van der Waals surface area contributed by atoms with Gasteiger partial charge in [0.2, 0.25) is 0 Å².